The van der Waals surface area contributed by atoms with Crippen molar-refractivity contribution in [3.05, 3.63) is 42.0 Å². The lowest BCUT2D eigenvalue weighted by atomic mass is 9.48. The van der Waals surface area contributed by atoms with E-state index in [1.54, 1.807) is 0 Å². The summed E-state index contributed by atoms with van der Waals surface area (Å²) in [5, 5.41) is 12.5. The molecule has 4 aliphatic carbocycles. The first-order valence-corrected chi connectivity index (χ1v) is 8.45. The van der Waals surface area contributed by atoms with Crippen LogP contribution in [0.2, 0.25) is 0 Å². The van der Waals surface area contributed by atoms with Crippen molar-refractivity contribution < 1.29 is 5.11 Å². The van der Waals surface area contributed by atoms with Gasteiger partial charge < -0.3 is 5.11 Å². The molecular formula is C20H22O. The Morgan fingerprint density at radius 2 is 1.33 bits per heavy atom. The fourth-order valence-electron chi connectivity index (χ4n) is 6.20. The zero-order valence-electron chi connectivity index (χ0n) is 12.4. The van der Waals surface area contributed by atoms with Gasteiger partial charge in [-0.05, 0) is 78.7 Å². The summed E-state index contributed by atoms with van der Waals surface area (Å²) in [6.45, 7) is 0. The van der Waals surface area contributed by atoms with Gasteiger partial charge in [0.05, 0.1) is 0 Å². The third kappa shape index (κ3) is 1.64. The van der Waals surface area contributed by atoms with Crippen LogP contribution in [0.25, 0.3) is 10.8 Å². The second-order valence-corrected chi connectivity index (χ2v) is 7.88. The molecule has 0 aliphatic heterocycles. The van der Waals surface area contributed by atoms with Crippen LogP contribution in [-0.2, 0) is 5.41 Å². The largest absolute Gasteiger partial charge is 0.507 e. The van der Waals surface area contributed by atoms with Gasteiger partial charge in [0.1, 0.15) is 5.75 Å². The molecule has 4 fully saturated rings. The van der Waals surface area contributed by atoms with Gasteiger partial charge >= 0.3 is 0 Å². The Hall–Kier alpha value is -1.50. The standard InChI is InChI=1S/C20H22O/c21-19-6-2-3-16-17(19)4-1-5-18(16)20-10-13-7-14(11-20)9-15(8-13)12-20/h1-6,13-15,21H,7-12H2. The molecule has 1 heteroatoms. The van der Waals surface area contributed by atoms with Crippen molar-refractivity contribution in [2.75, 3.05) is 0 Å². The minimum atomic E-state index is 0.405. The molecule has 21 heavy (non-hydrogen) atoms. The molecule has 108 valence electrons. The van der Waals surface area contributed by atoms with Crippen LogP contribution in [0.4, 0.5) is 0 Å². The van der Waals surface area contributed by atoms with Crippen molar-refractivity contribution in [3.63, 3.8) is 0 Å². The molecule has 4 saturated carbocycles. The van der Waals surface area contributed by atoms with E-state index in [1.807, 2.05) is 12.1 Å². The van der Waals surface area contributed by atoms with Gasteiger partial charge in [-0.15, -0.1) is 0 Å². The molecular weight excluding hydrogens is 256 g/mol. The molecule has 6 rings (SSSR count). The van der Waals surface area contributed by atoms with E-state index >= 15 is 0 Å². The van der Waals surface area contributed by atoms with Crippen LogP contribution in [-0.4, -0.2) is 5.11 Å². The minimum Gasteiger partial charge on any atom is -0.507 e. The molecule has 0 saturated heterocycles. The maximum atomic E-state index is 10.2. The van der Waals surface area contributed by atoms with Gasteiger partial charge in [0, 0.05) is 5.39 Å². The first-order chi connectivity index (χ1) is 10.2. The Kier molecular flexibility index (Phi) is 2.32. The third-order valence-corrected chi connectivity index (χ3v) is 6.51. The number of rotatable bonds is 1. The molecule has 4 bridgehead atoms. The Labute approximate surface area is 126 Å². The Bertz CT molecular complexity index is 680. The fourth-order valence-corrected chi connectivity index (χ4v) is 6.20. The van der Waals surface area contributed by atoms with Crippen LogP contribution >= 0.6 is 0 Å². The number of benzene rings is 2. The van der Waals surface area contributed by atoms with E-state index in [2.05, 4.69) is 24.3 Å². The predicted octanol–water partition coefficient (Wildman–Crippen LogP) is 5.01. The van der Waals surface area contributed by atoms with Crippen LogP contribution in [0.3, 0.4) is 0 Å². The normalized spacial score (nSPS) is 37.2. The summed E-state index contributed by atoms with van der Waals surface area (Å²) in [5.41, 5.74) is 1.93. The summed E-state index contributed by atoms with van der Waals surface area (Å²) in [6.07, 6.45) is 8.59. The summed E-state index contributed by atoms with van der Waals surface area (Å²) >= 11 is 0. The van der Waals surface area contributed by atoms with Gasteiger partial charge in [0.2, 0.25) is 0 Å². The number of phenols is 1. The monoisotopic (exact) mass is 278 g/mol. The van der Waals surface area contributed by atoms with Gasteiger partial charge in [-0.25, -0.2) is 0 Å². The molecule has 1 N–H and O–H groups in total. The molecule has 0 amide bonds. The first-order valence-electron chi connectivity index (χ1n) is 8.45. The summed E-state index contributed by atoms with van der Waals surface area (Å²) in [4.78, 5) is 0. The smallest absolute Gasteiger partial charge is 0.123 e. The number of aromatic hydroxyl groups is 1. The highest BCUT2D eigenvalue weighted by Crippen LogP contribution is 2.61. The van der Waals surface area contributed by atoms with E-state index in [0.717, 1.165) is 23.1 Å². The van der Waals surface area contributed by atoms with E-state index in [-0.39, 0.29) is 0 Å². The van der Waals surface area contributed by atoms with Crippen LogP contribution in [0.15, 0.2) is 36.4 Å². The quantitative estimate of drug-likeness (QED) is 0.777. The van der Waals surface area contributed by atoms with Crippen molar-refractivity contribution in [2.24, 2.45) is 17.8 Å². The van der Waals surface area contributed by atoms with E-state index in [0.29, 0.717) is 11.2 Å². The molecule has 0 aromatic heterocycles. The molecule has 2 aromatic carbocycles. The van der Waals surface area contributed by atoms with E-state index in [4.69, 9.17) is 0 Å². The Morgan fingerprint density at radius 3 is 2.00 bits per heavy atom. The average Bonchev–Trinajstić information content (AvgIpc) is 2.46. The topological polar surface area (TPSA) is 20.2 Å². The minimum absolute atomic E-state index is 0.405. The fraction of sp³-hybridized carbons (Fsp3) is 0.500. The summed E-state index contributed by atoms with van der Waals surface area (Å²) in [7, 11) is 0. The maximum Gasteiger partial charge on any atom is 0.123 e. The van der Waals surface area contributed by atoms with Crippen LogP contribution in [0.1, 0.15) is 44.1 Å². The molecule has 0 unspecified atom stereocenters. The lowest BCUT2D eigenvalue weighted by molar-refractivity contribution is -0.00449. The van der Waals surface area contributed by atoms with Crippen LogP contribution in [0.5, 0.6) is 5.75 Å². The number of phenolic OH excluding ortho intramolecular Hbond substituents is 1. The molecule has 2 aromatic rings. The average molecular weight is 278 g/mol. The van der Waals surface area contributed by atoms with Crippen LogP contribution in [0, 0.1) is 17.8 Å². The van der Waals surface area contributed by atoms with Crippen molar-refractivity contribution in [1.82, 2.24) is 0 Å². The highest BCUT2D eigenvalue weighted by molar-refractivity contribution is 5.91. The zero-order chi connectivity index (χ0) is 14.0. The van der Waals surface area contributed by atoms with E-state index in [1.165, 1.54) is 49.5 Å². The van der Waals surface area contributed by atoms with Gasteiger partial charge in [-0.2, -0.15) is 0 Å². The third-order valence-electron chi connectivity index (χ3n) is 6.51. The van der Waals surface area contributed by atoms with E-state index < -0.39 is 0 Å². The summed E-state index contributed by atoms with van der Waals surface area (Å²) in [5.74, 6) is 3.32. The van der Waals surface area contributed by atoms with Gasteiger partial charge in [-0.3, -0.25) is 0 Å². The molecule has 0 radical (unpaired) electrons. The van der Waals surface area contributed by atoms with Crippen molar-refractivity contribution in [2.45, 2.75) is 43.9 Å². The molecule has 0 spiro atoms. The second kappa shape index (κ2) is 4.03. The van der Waals surface area contributed by atoms with Crippen molar-refractivity contribution >= 4 is 10.8 Å². The molecule has 4 aliphatic rings. The van der Waals surface area contributed by atoms with Gasteiger partial charge in [0.25, 0.3) is 0 Å². The molecule has 1 nitrogen and oxygen atoms in total. The second-order valence-electron chi connectivity index (χ2n) is 7.88. The number of fused-ring (bicyclic) bond motifs is 1. The highest BCUT2D eigenvalue weighted by Gasteiger charge is 2.51. The Morgan fingerprint density at radius 1 is 0.762 bits per heavy atom. The lowest BCUT2D eigenvalue weighted by Gasteiger charge is -2.57. The van der Waals surface area contributed by atoms with Gasteiger partial charge in [0.15, 0.2) is 0 Å². The molecule has 0 atom stereocenters. The molecule has 0 heterocycles. The predicted molar refractivity (Wildman–Crippen MR) is 85.5 cm³/mol. The number of hydrogen-bond donors (Lipinski definition) is 1. The van der Waals surface area contributed by atoms with Crippen LogP contribution < -0.4 is 0 Å². The zero-order valence-corrected chi connectivity index (χ0v) is 12.4. The lowest BCUT2D eigenvalue weighted by Crippen LogP contribution is -2.48. The highest BCUT2D eigenvalue weighted by atomic mass is 16.3. The van der Waals surface area contributed by atoms with Crippen molar-refractivity contribution in [3.8, 4) is 5.75 Å². The van der Waals surface area contributed by atoms with Crippen molar-refractivity contribution in [1.29, 1.82) is 0 Å². The number of hydrogen-bond acceptors (Lipinski definition) is 1. The summed E-state index contributed by atoms with van der Waals surface area (Å²) < 4.78 is 0. The summed E-state index contributed by atoms with van der Waals surface area (Å²) in [6, 6.07) is 12.6. The maximum absolute atomic E-state index is 10.2. The Balaban J connectivity index is 1.72. The van der Waals surface area contributed by atoms with E-state index in [9.17, 15) is 5.11 Å². The van der Waals surface area contributed by atoms with Gasteiger partial charge in [-0.1, -0.05) is 30.3 Å². The first kappa shape index (κ1) is 12.1. The SMILES string of the molecule is Oc1cccc2c(C34CC5CC(CC(C5)C3)C4)cccc12.